The molecule has 2 fully saturated rings. The van der Waals surface area contributed by atoms with Gasteiger partial charge in [-0.1, -0.05) is 13.8 Å². The van der Waals surface area contributed by atoms with Crippen molar-refractivity contribution in [3.63, 3.8) is 0 Å². The number of amides is 1. The Kier molecular flexibility index (Phi) is 7.07. The fraction of sp³-hybridized carbons (Fsp3) is 0.619. The van der Waals surface area contributed by atoms with Crippen LogP contribution in [0.2, 0.25) is 0 Å². The van der Waals surface area contributed by atoms with Crippen LogP contribution >= 0.6 is 12.2 Å². The molecule has 0 aliphatic carbocycles. The second-order valence-corrected chi connectivity index (χ2v) is 8.54. The number of thiocarbonyl (C=S) groups is 1. The maximum atomic E-state index is 11.8. The number of nitrogens with zero attached hydrogens (tertiary/aromatic N) is 2. The van der Waals surface area contributed by atoms with Gasteiger partial charge in [-0.3, -0.25) is 4.79 Å². The van der Waals surface area contributed by atoms with Gasteiger partial charge in [0, 0.05) is 44.0 Å². The molecule has 1 aromatic rings. The maximum absolute atomic E-state index is 11.8. The molecular weight excluding hydrogens is 356 g/mol. The van der Waals surface area contributed by atoms with E-state index in [9.17, 15) is 4.79 Å². The zero-order valence-electron chi connectivity index (χ0n) is 16.5. The van der Waals surface area contributed by atoms with Crippen LogP contribution in [0.5, 0.6) is 0 Å². The van der Waals surface area contributed by atoms with Crippen molar-refractivity contribution in [1.29, 1.82) is 0 Å². The fourth-order valence-electron chi connectivity index (χ4n) is 4.30. The molecule has 6 heteroatoms. The summed E-state index contributed by atoms with van der Waals surface area (Å²) < 4.78 is 0. The molecule has 0 radical (unpaired) electrons. The highest BCUT2D eigenvalue weighted by molar-refractivity contribution is 7.80. The minimum Gasteiger partial charge on any atom is -0.362 e. The number of hydrogen-bond acceptors (Lipinski definition) is 3. The molecule has 0 aromatic heterocycles. The molecule has 2 aliphatic heterocycles. The normalized spacial score (nSPS) is 23.5. The van der Waals surface area contributed by atoms with Crippen LogP contribution < -0.4 is 15.5 Å². The van der Waals surface area contributed by atoms with Crippen molar-refractivity contribution in [3.8, 4) is 0 Å². The first-order chi connectivity index (χ1) is 13.0. The molecular formula is C21H32N4OS. The van der Waals surface area contributed by atoms with E-state index in [0.717, 1.165) is 55.7 Å². The first kappa shape index (κ1) is 20.1. The van der Waals surface area contributed by atoms with Gasteiger partial charge in [0.2, 0.25) is 5.91 Å². The molecule has 2 atom stereocenters. The van der Waals surface area contributed by atoms with Gasteiger partial charge in [-0.05, 0) is 74.1 Å². The van der Waals surface area contributed by atoms with Gasteiger partial charge in [-0.15, -0.1) is 0 Å². The Balaban J connectivity index is 1.36. The number of benzene rings is 1. The van der Waals surface area contributed by atoms with Crippen LogP contribution in [0.3, 0.4) is 0 Å². The summed E-state index contributed by atoms with van der Waals surface area (Å²) in [4.78, 5) is 16.2. The van der Waals surface area contributed by atoms with Crippen molar-refractivity contribution in [1.82, 2.24) is 10.2 Å². The lowest BCUT2D eigenvalue weighted by Crippen LogP contribution is -2.40. The lowest BCUT2D eigenvalue weighted by Gasteiger charge is -2.35. The van der Waals surface area contributed by atoms with Crippen LogP contribution in [0.15, 0.2) is 24.3 Å². The highest BCUT2D eigenvalue weighted by Gasteiger charge is 2.22. The summed E-state index contributed by atoms with van der Waals surface area (Å²) in [7, 11) is 0. The summed E-state index contributed by atoms with van der Waals surface area (Å²) in [6, 6.07) is 7.91. The summed E-state index contributed by atoms with van der Waals surface area (Å²) in [5.74, 6) is 1.83. The molecule has 27 heavy (non-hydrogen) atoms. The Morgan fingerprint density at radius 1 is 1.19 bits per heavy atom. The molecule has 0 spiro atoms. The number of nitrogens with one attached hydrogen (secondary N) is 2. The number of rotatable bonds is 6. The number of carbonyl (C=O) groups is 1. The average molecular weight is 389 g/mol. The largest absolute Gasteiger partial charge is 0.362 e. The molecule has 148 valence electrons. The molecule has 5 nitrogen and oxygen atoms in total. The molecule has 0 bridgehead atoms. The summed E-state index contributed by atoms with van der Waals surface area (Å²) >= 11 is 5.40. The van der Waals surface area contributed by atoms with Gasteiger partial charge in [0.05, 0.1) is 0 Å². The van der Waals surface area contributed by atoms with Crippen molar-refractivity contribution in [3.05, 3.63) is 24.3 Å². The highest BCUT2D eigenvalue weighted by atomic mass is 32.1. The predicted octanol–water partition coefficient (Wildman–Crippen LogP) is 3.47. The number of anilines is 2. The van der Waals surface area contributed by atoms with Crippen molar-refractivity contribution < 1.29 is 4.79 Å². The third-order valence-electron chi connectivity index (χ3n) is 5.39. The van der Waals surface area contributed by atoms with Crippen LogP contribution in [0.1, 0.15) is 39.5 Å². The first-order valence-corrected chi connectivity index (χ1v) is 10.6. The molecule has 2 aliphatic rings. The molecule has 2 N–H and O–H groups in total. The van der Waals surface area contributed by atoms with E-state index in [1.165, 1.54) is 19.5 Å². The van der Waals surface area contributed by atoms with Crippen molar-refractivity contribution >= 4 is 34.6 Å². The van der Waals surface area contributed by atoms with E-state index in [-0.39, 0.29) is 5.91 Å². The summed E-state index contributed by atoms with van der Waals surface area (Å²) in [5.41, 5.74) is 1.91. The van der Waals surface area contributed by atoms with Crippen LogP contribution in [0.25, 0.3) is 0 Å². The Labute approximate surface area is 168 Å². The van der Waals surface area contributed by atoms with Gasteiger partial charge < -0.3 is 20.4 Å². The monoisotopic (exact) mass is 388 g/mol. The molecule has 0 saturated carbocycles. The molecule has 2 heterocycles. The minimum atomic E-state index is 0.213. The van der Waals surface area contributed by atoms with Crippen LogP contribution in [0, 0.1) is 11.8 Å². The molecule has 3 rings (SSSR count). The van der Waals surface area contributed by atoms with Gasteiger partial charge in [0.25, 0.3) is 0 Å². The third-order valence-corrected chi connectivity index (χ3v) is 5.64. The first-order valence-electron chi connectivity index (χ1n) is 10.2. The lowest BCUT2D eigenvalue weighted by atomic mass is 9.92. The molecule has 1 amide bonds. The van der Waals surface area contributed by atoms with E-state index >= 15 is 0 Å². The number of piperidine rings is 1. The highest BCUT2D eigenvalue weighted by Crippen LogP contribution is 2.23. The smallest absolute Gasteiger partial charge is 0.227 e. The molecule has 2 saturated heterocycles. The zero-order chi connectivity index (χ0) is 19.2. The SMILES string of the molecule is C[C@@H]1C[C@H](C)CN(CCCNC(=S)Nc2ccc(N3CCCC3=O)cc2)C1. The lowest BCUT2D eigenvalue weighted by molar-refractivity contribution is -0.117. The third kappa shape index (κ3) is 5.91. The summed E-state index contributed by atoms with van der Waals surface area (Å²) in [5, 5.41) is 7.18. The quantitative estimate of drug-likeness (QED) is 0.577. The molecule has 0 unspecified atom stereocenters. The standard InChI is InChI=1S/C21H32N4OS/c1-16-13-17(2)15-24(14-16)11-4-10-22-21(27)23-18-6-8-19(9-7-18)25-12-3-5-20(25)26/h6-9,16-17H,3-5,10-15H2,1-2H3,(H2,22,23,27)/t16-,17+. The van der Waals surface area contributed by atoms with E-state index in [0.29, 0.717) is 11.5 Å². The second kappa shape index (κ2) is 9.51. The van der Waals surface area contributed by atoms with Crippen LogP contribution in [0.4, 0.5) is 11.4 Å². The zero-order valence-corrected chi connectivity index (χ0v) is 17.4. The van der Waals surface area contributed by atoms with Crippen molar-refractivity contribution in [2.24, 2.45) is 11.8 Å². The minimum absolute atomic E-state index is 0.213. The Morgan fingerprint density at radius 2 is 1.89 bits per heavy atom. The van der Waals surface area contributed by atoms with Crippen molar-refractivity contribution in [2.45, 2.75) is 39.5 Å². The Hall–Kier alpha value is -1.66. The number of hydrogen-bond donors (Lipinski definition) is 2. The van der Waals surface area contributed by atoms with Gasteiger partial charge in [0.15, 0.2) is 5.11 Å². The Bertz CT molecular complexity index is 638. The van der Waals surface area contributed by atoms with E-state index in [4.69, 9.17) is 12.2 Å². The van der Waals surface area contributed by atoms with Gasteiger partial charge >= 0.3 is 0 Å². The topological polar surface area (TPSA) is 47.6 Å². The molecule has 1 aromatic carbocycles. The fourth-order valence-corrected chi connectivity index (χ4v) is 4.52. The Morgan fingerprint density at radius 3 is 2.52 bits per heavy atom. The van der Waals surface area contributed by atoms with E-state index < -0.39 is 0 Å². The van der Waals surface area contributed by atoms with Gasteiger partial charge in [-0.25, -0.2) is 0 Å². The van der Waals surface area contributed by atoms with E-state index in [1.54, 1.807) is 0 Å². The maximum Gasteiger partial charge on any atom is 0.227 e. The van der Waals surface area contributed by atoms with Crippen molar-refractivity contribution in [2.75, 3.05) is 42.9 Å². The number of likely N-dealkylation sites (tertiary alicyclic amines) is 1. The van der Waals surface area contributed by atoms with Crippen LogP contribution in [-0.2, 0) is 4.79 Å². The predicted molar refractivity (Wildman–Crippen MR) is 116 cm³/mol. The van der Waals surface area contributed by atoms with Gasteiger partial charge in [-0.2, -0.15) is 0 Å². The van der Waals surface area contributed by atoms with Crippen LogP contribution in [-0.4, -0.2) is 48.6 Å². The van der Waals surface area contributed by atoms with E-state index in [1.807, 2.05) is 29.2 Å². The summed E-state index contributed by atoms with van der Waals surface area (Å²) in [6.45, 7) is 9.97. The average Bonchev–Trinajstić information content (AvgIpc) is 3.05. The second-order valence-electron chi connectivity index (χ2n) is 8.14. The van der Waals surface area contributed by atoms with E-state index in [2.05, 4.69) is 29.4 Å². The number of carbonyl (C=O) groups excluding carboxylic acids is 1. The van der Waals surface area contributed by atoms with Gasteiger partial charge in [0.1, 0.15) is 0 Å². The summed E-state index contributed by atoms with van der Waals surface area (Å²) in [6.07, 6.45) is 4.05.